The Morgan fingerprint density at radius 1 is 1.26 bits per heavy atom. The molecule has 10 unspecified atom stereocenters. The van der Waals surface area contributed by atoms with Crippen molar-refractivity contribution in [3.8, 4) is 0 Å². The number of nitrogens with one attached hydrogen (secondary N) is 1. The molecule has 3 aliphatic carbocycles. The number of hydrogen-bond donors (Lipinski definition) is 2. The number of esters is 1. The van der Waals surface area contributed by atoms with Crippen molar-refractivity contribution in [2.75, 3.05) is 13.7 Å². The molecule has 5 nitrogen and oxygen atoms in total. The Hall–Kier alpha value is -0.910. The molecule has 0 spiro atoms. The highest BCUT2D eigenvalue weighted by Gasteiger charge is 2.61. The van der Waals surface area contributed by atoms with Crippen molar-refractivity contribution in [1.29, 1.82) is 0 Å². The highest BCUT2D eigenvalue weighted by molar-refractivity contribution is 5.66. The summed E-state index contributed by atoms with van der Waals surface area (Å²) in [6.07, 6.45) is 9.05. The average Bonchev–Trinajstić information content (AvgIpc) is 2.92. The number of aliphatic hydroxyl groups is 1. The molecule has 10 atom stereocenters. The van der Waals surface area contributed by atoms with Gasteiger partial charge in [-0.15, -0.1) is 0 Å². The maximum Gasteiger partial charge on any atom is 0.302 e. The lowest BCUT2D eigenvalue weighted by Crippen LogP contribution is -2.59. The summed E-state index contributed by atoms with van der Waals surface area (Å²) in [6.45, 7) is 15.7. The van der Waals surface area contributed by atoms with Crippen LogP contribution < -0.4 is 5.32 Å². The van der Waals surface area contributed by atoms with Crippen molar-refractivity contribution in [2.45, 2.75) is 118 Å². The van der Waals surface area contributed by atoms with Crippen molar-refractivity contribution in [1.82, 2.24) is 5.32 Å². The number of ether oxygens (including phenoxy) is 2. The molecule has 1 saturated heterocycles. The van der Waals surface area contributed by atoms with E-state index in [1.54, 1.807) is 6.92 Å². The van der Waals surface area contributed by atoms with E-state index < -0.39 is 0 Å². The maximum atomic E-state index is 12.2. The number of allylic oxidation sites excluding steroid dienone is 1. The lowest BCUT2D eigenvalue weighted by atomic mass is 9.44. The molecular weight excluding hydrogens is 426 g/mol. The minimum Gasteiger partial charge on any atom is -0.462 e. The zero-order valence-electron chi connectivity index (χ0n) is 23.0. The van der Waals surface area contributed by atoms with Crippen LogP contribution in [0.2, 0.25) is 0 Å². The van der Waals surface area contributed by atoms with Crippen LogP contribution in [0.15, 0.2) is 11.6 Å². The summed E-state index contributed by atoms with van der Waals surface area (Å²) in [5, 5.41) is 13.6. The van der Waals surface area contributed by atoms with Gasteiger partial charge in [-0.05, 0) is 88.0 Å². The predicted octanol–water partition coefficient (Wildman–Crippen LogP) is 5.51. The van der Waals surface area contributed by atoms with Gasteiger partial charge in [0.25, 0.3) is 0 Å². The number of rotatable bonds is 4. The summed E-state index contributed by atoms with van der Waals surface area (Å²) in [5.41, 5.74) is 1.46. The first-order chi connectivity index (χ1) is 16.1. The van der Waals surface area contributed by atoms with Crippen molar-refractivity contribution in [2.24, 2.45) is 34.5 Å². The van der Waals surface area contributed by atoms with E-state index >= 15 is 0 Å². The predicted molar refractivity (Wildman–Crippen MR) is 137 cm³/mol. The topological polar surface area (TPSA) is 67.8 Å². The van der Waals surface area contributed by atoms with Gasteiger partial charge >= 0.3 is 5.97 Å². The van der Waals surface area contributed by atoms with Crippen LogP contribution in [0.5, 0.6) is 0 Å². The molecule has 3 fully saturated rings. The van der Waals surface area contributed by atoms with E-state index in [-0.39, 0.29) is 35.1 Å². The standard InChI is InChI=1S/C27H45NO4.C2H6/c1-16-11-21(12-17(2)28-6)31-15-24-22-8-7-19-13-20(30)9-10-26(19,4)23(22)14-25(27(16,24)5)32-18(3)29;1-2/h13,16-17,20-25,28,30H,7-12,14-15H2,1-6H3;1-2H3. The second kappa shape index (κ2) is 11.0. The third-order valence-electron chi connectivity index (χ3n) is 10.3. The number of fused-ring (bicyclic) bond motifs is 5. The molecule has 2 N–H and O–H groups in total. The molecule has 196 valence electrons. The Morgan fingerprint density at radius 2 is 1.97 bits per heavy atom. The van der Waals surface area contributed by atoms with Crippen LogP contribution in [-0.2, 0) is 14.3 Å². The summed E-state index contributed by atoms with van der Waals surface area (Å²) < 4.78 is 12.8. The van der Waals surface area contributed by atoms with Crippen LogP contribution in [0.4, 0.5) is 0 Å². The largest absolute Gasteiger partial charge is 0.462 e. The molecule has 1 heterocycles. The second-order valence-corrected chi connectivity index (χ2v) is 11.8. The minimum absolute atomic E-state index is 0.0732. The van der Waals surface area contributed by atoms with E-state index in [0.29, 0.717) is 29.7 Å². The van der Waals surface area contributed by atoms with Gasteiger partial charge in [-0.1, -0.05) is 46.3 Å². The Morgan fingerprint density at radius 3 is 2.62 bits per heavy atom. The number of carbonyl (C=O) groups excluding carboxylic acids is 1. The zero-order chi connectivity index (χ0) is 25.3. The molecule has 4 aliphatic rings. The third kappa shape index (κ3) is 4.99. The van der Waals surface area contributed by atoms with Gasteiger partial charge < -0.3 is 19.9 Å². The molecule has 4 rings (SSSR count). The van der Waals surface area contributed by atoms with E-state index in [0.717, 1.165) is 51.6 Å². The number of hydrogen-bond acceptors (Lipinski definition) is 5. The summed E-state index contributed by atoms with van der Waals surface area (Å²) in [4.78, 5) is 12.2. The van der Waals surface area contributed by atoms with Crippen LogP contribution in [0.25, 0.3) is 0 Å². The Bertz CT molecular complexity index is 738. The first kappa shape index (κ1) is 27.7. The zero-order valence-corrected chi connectivity index (χ0v) is 23.0. The number of carbonyl (C=O) groups is 1. The SMILES string of the molecule is CC.CNC(C)CC1CC(C)C2(C)C(OC(C)=O)CC3C(CCC4=CC(O)CCC43C)C2CO1. The normalized spacial score (nSPS) is 44.6. The van der Waals surface area contributed by atoms with Crippen LogP contribution >= 0.6 is 0 Å². The van der Waals surface area contributed by atoms with Crippen LogP contribution in [0.1, 0.15) is 93.4 Å². The van der Waals surface area contributed by atoms with Crippen molar-refractivity contribution in [3.05, 3.63) is 11.6 Å². The molecule has 0 aromatic carbocycles. The van der Waals surface area contributed by atoms with Gasteiger partial charge in [0.1, 0.15) is 6.10 Å². The van der Waals surface area contributed by atoms with E-state index in [2.05, 4.69) is 39.1 Å². The molecule has 2 saturated carbocycles. The second-order valence-electron chi connectivity index (χ2n) is 11.8. The Balaban J connectivity index is 0.00000158. The lowest BCUT2D eigenvalue weighted by molar-refractivity contribution is -0.189. The molecule has 34 heavy (non-hydrogen) atoms. The molecule has 0 aromatic rings. The first-order valence-corrected chi connectivity index (χ1v) is 13.9. The van der Waals surface area contributed by atoms with E-state index in [9.17, 15) is 9.90 Å². The van der Waals surface area contributed by atoms with Gasteiger partial charge in [-0.2, -0.15) is 0 Å². The molecule has 5 heteroatoms. The fourth-order valence-electron chi connectivity index (χ4n) is 8.00. The van der Waals surface area contributed by atoms with Crippen molar-refractivity contribution >= 4 is 5.97 Å². The molecular formula is C29H51NO4. The van der Waals surface area contributed by atoms with Gasteiger partial charge in [0.05, 0.1) is 18.8 Å². The van der Waals surface area contributed by atoms with Crippen molar-refractivity contribution < 1.29 is 19.4 Å². The van der Waals surface area contributed by atoms with E-state index in [1.165, 1.54) is 5.57 Å². The highest BCUT2D eigenvalue weighted by Crippen LogP contribution is 2.64. The smallest absolute Gasteiger partial charge is 0.302 e. The fraction of sp³-hybridized carbons (Fsp3) is 0.897. The molecule has 0 bridgehead atoms. The van der Waals surface area contributed by atoms with Gasteiger partial charge in [0.2, 0.25) is 0 Å². The average molecular weight is 478 g/mol. The molecule has 1 aliphatic heterocycles. The van der Waals surface area contributed by atoms with Crippen LogP contribution in [0, 0.1) is 34.5 Å². The summed E-state index contributed by atoms with van der Waals surface area (Å²) in [5.74, 6) is 1.70. The lowest BCUT2D eigenvalue weighted by Gasteiger charge is -2.61. The quantitative estimate of drug-likeness (QED) is 0.413. The summed E-state index contributed by atoms with van der Waals surface area (Å²) >= 11 is 0. The van der Waals surface area contributed by atoms with Crippen LogP contribution in [0.3, 0.4) is 0 Å². The van der Waals surface area contributed by atoms with Gasteiger partial charge in [-0.25, -0.2) is 0 Å². The van der Waals surface area contributed by atoms with Gasteiger partial charge in [0.15, 0.2) is 0 Å². The van der Waals surface area contributed by atoms with Gasteiger partial charge in [0, 0.05) is 18.4 Å². The minimum atomic E-state index is -0.302. The summed E-state index contributed by atoms with van der Waals surface area (Å²) in [6, 6.07) is 0.423. The third-order valence-corrected chi connectivity index (χ3v) is 10.3. The molecule has 0 radical (unpaired) electrons. The Labute approximate surface area is 208 Å². The summed E-state index contributed by atoms with van der Waals surface area (Å²) in [7, 11) is 2.02. The van der Waals surface area contributed by atoms with E-state index in [4.69, 9.17) is 9.47 Å². The monoisotopic (exact) mass is 477 g/mol. The molecule has 0 aromatic heterocycles. The fourth-order valence-corrected chi connectivity index (χ4v) is 8.00. The first-order valence-electron chi connectivity index (χ1n) is 13.9. The van der Waals surface area contributed by atoms with Crippen LogP contribution in [-0.4, -0.2) is 49.1 Å². The molecule has 0 amide bonds. The van der Waals surface area contributed by atoms with Gasteiger partial charge in [-0.3, -0.25) is 4.79 Å². The van der Waals surface area contributed by atoms with Crippen molar-refractivity contribution in [3.63, 3.8) is 0 Å². The Kier molecular flexibility index (Phi) is 8.96. The van der Waals surface area contributed by atoms with E-state index in [1.807, 2.05) is 20.9 Å². The number of aliphatic hydroxyl groups excluding tert-OH is 1. The highest BCUT2D eigenvalue weighted by atomic mass is 16.5. The maximum absolute atomic E-state index is 12.2.